The normalized spacial score (nSPS) is 19.3. The minimum Gasteiger partial charge on any atom is -0.356 e. The van der Waals surface area contributed by atoms with Gasteiger partial charge >= 0.3 is 0 Å². The van der Waals surface area contributed by atoms with Crippen molar-refractivity contribution in [2.45, 2.75) is 32.6 Å². The number of rotatable bonds is 2. The Hall–Kier alpha value is -3.65. The minimum atomic E-state index is -0.579. The molecule has 0 amide bonds. The Morgan fingerprint density at radius 3 is 2.58 bits per heavy atom. The molecule has 0 aliphatic carbocycles. The summed E-state index contributed by atoms with van der Waals surface area (Å²) in [6.07, 6.45) is 5.78. The summed E-state index contributed by atoms with van der Waals surface area (Å²) in [4.78, 5) is 18.6. The standard InChI is InChI=1S/C28H28F2N6/c1-16-7-10-32-24-17(2)13-23-33-27(35-11-8-18(15-31)9-12-35)20-14-22(30)25(19-5-3-4-6-21(19)29)34-28(20)36(23)26(16)24/h3-7,10,13-14,17-18H,8-9,11-12,15,31H2,1-2H3. The average molecular weight is 487 g/mol. The van der Waals surface area contributed by atoms with Crippen LogP contribution in [0.25, 0.3) is 11.3 Å². The molecular formula is C28H28F2N6. The molecule has 3 aliphatic rings. The van der Waals surface area contributed by atoms with E-state index in [1.165, 1.54) is 12.1 Å². The molecule has 1 atom stereocenters. The molecule has 8 heteroatoms. The average Bonchev–Trinajstić information content (AvgIpc) is 2.89. The topological polar surface area (TPSA) is 70.6 Å². The molecule has 2 aromatic heterocycles. The molecule has 2 N–H and O–H groups in total. The maximum Gasteiger partial charge on any atom is 0.150 e. The number of anilines is 2. The Morgan fingerprint density at radius 1 is 1.06 bits per heavy atom. The van der Waals surface area contributed by atoms with E-state index < -0.39 is 11.6 Å². The molecule has 184 valence electrons. The van der Waals surface area contributed by atoms with E-state index in [-0.39, 0.29) is 17.2 Å². The van der Waals surface area contributed by atoms with Crippen LogP contribution in [0.1, 0.15) is 42.5 Å². The van der Waals surface area contributed by atoms with Crippen LogP contribution in [0.15, 0.2) is 59.5 Å². The Balaban J connectivity index is 1.57. The van der Waals surface area contributed by atoms with E-state index in [2.05, 4.69) is 22.9 Å². The molecule has 6 rings (SSSR count). The van der Waals surface area contributed by atoms with Crippen LogP contribution in [-0.2, 0) is 0 Å². The van der Waals surface area contributed by atoms with E-state index in [0.29, 0.717) is 29.7 Å². The van der Waals surface area contributed by atoms with E-state index in [0.717, 1.165) is 48.7 Å². The SMILES string of the molecule is Cc1ccnc2c1N1C(=CC2C)N=C(N2CCC(CN)CC2)c2cc(F)c(-c3ccccc3F)nc21. The van der Waals surface area contributed by atoms with Gasteiger partial charge in [-0.15, -0.1) is 0 Å². The van der Waals surface area contributed by atoms with Crippen molar-refractivity contribution in [3.63, 3.8) is 0 Å². The molecule has 6 nitrogen and oxygen atoms in total. The van der Waals surface area contributed by atoms with Crippen LogP contribution in [0.4, 0.5) is 20.3 Å². The van der Waals surface area contributed by atoms with Gasteiger partial charge in [-0.25, -0.2) is 18.8 Å². The zero-order valence-electron chi connectivity index (χ0n) is 20.4. The molecule has 0 saturated carbocycles. The summed E-state index contributed by atoms with van der Waals surface area (Å²) < 4.78 is 30.3. The maximum absolute atomic E-state index is 15.6. The molecule has 36 heavy (non-hydrogen) atoms. The van der Waals surface area contributed by atoms with Crippen LogP contribution < -0.4 is 10.6 Å². The van der Waals surface area contributed by atoms with Crippen molar-refractivity contribution in [3.05, 3.63) is 82.9 Å². The molecule has 3 aliphatic heterocycles. The summed E-state index contributed by atoms with van der Waals surface area (Å²) in [6.45, 7) is 6.36. The summed E-state index contributed by atoms with van der Waals surface area (Å²) in [7, 11) is 0. The van der Waals surface area contributed by atoms with Gasteiger partial charge in [0, 0.05) is 30.8 Å². The number of allylic oxidation sites excluding steroid dienone is 1. The number of halogens is 2. The molecular weight excluding hydrogens is 458 g/mol. The van der Waals surface area contributed by atoms with Crippen LogP contribution in [0.3, 0.4) is 0 Å². The van der Waals surface area contributed by atoms with Gasteiger partial charge in [0.25, 0.3) is 0 Å². The largest absolute Gasteiger partial charge is 0.356 e. The molecule has 1 unspecified atom stereocenters. The van der Waals surface area contributed by atoms with Crippen molar-refractivity contribution in [1.82, 2.24) is 14.9 Å². The number of aryl methyl sites for hydroxylation is 1. The summed E-state index contributed by atoms with van der Waals surface area (Å²) in [6, 6.07) is 9.55. The first-order valence-electron chi connectivity index (χ1n) is 12.4. The van der Waals surface area contributed by atoms with Gasteiger partial charge in [-0.3, -0.25) is 9.88 Å². The van der Waals surface area contributed by atoms with E-state index in [9.17, 15) is 4.39 Å². The summed E-state index contributed by atoms with van der Waals surface area (Å²) in [5.41, 5.74) is 9.44. The highest BCUT2D eigenvalue weighted by Gasteiger charge is 2.37. The van der Waals surface area contributed by atoms with Gasteiger partial charge in [-0.2, -0.15) is 0 Å². The van der Waals surface area contributed by atoms with Crippen molar-refractivity contribution in [3.8, 4) is 11.3 Å². The number of nitrogens with zero attached hydrogens (tertiary/aromatic N) is 5. The summed E-state index contributed by atoms with van der Waals surface area (Å²) >= 11 is 0. The highest BCUT2D eigenvalue weighted by molar-refractivity contribution is 6.07. The number of aromatic nitrogens is 2. The van der Waals surface area contributed by atoms with Crippen molar-refractivity contribution in [1.29, 1.82) is 0 Å². The first-order chi connectivity index (χ1) is 17.5. The van der Waals surface area contributed by atoms with E-state index in [1.54, 1.807) is 24.4 Å². The van der Waals surface area contributed by atoms with Crippen LogP contribution in [0.5, 0.6) is 0 Å². The van der Waals surface area contributed by atoms with Gasteiger partial charge in [0.15, 0.2) is 5.82 Å². The van der Waals surface area contributed by atoms with E-state index >= 15 is 4.39 Å². The van der Waals surface area contributed by atoms with Gasteiger partial charge in [-0.05, 0) is 68.1 Å². The third-order valence-electron chi connectivity index (χ3n) is 7.44. The Morgan fingerprint density at radius 2 is 1.83 bits per heavy atom. The van der Waals surface area contributed by atoms with Crippen molar-refractivity contribution >= 4 is 17.3 Å². The van der Waals surface area contributed by atoms with Crippen LogP contribution >= 0.6 is 0 Å². The van der Waals surface area contributed by atoms with Gasteiger partial charge in [0.1, 0.15) is 29.0 Å². The first kappa shape index (κ1) is 22.8. The molecule has 5 heterocycles. The minimum absolute atomic E-state index is 0.0176. The fraction of sp³-hybridized carbons (Fsp3) is 0.321. The zero-order valence-corrected chi connectivity index (χ0v) is 20.4. The Kier molecular flexibility index (Phi) is 5.56. The van der Waals surface area contributed by atoms with Crippen LogP contribution in [0, 0.1) is 24.5 Å². The summed E-state index contributed by atoms with van der Waals surface area (Å²) in [5.74, 6) is 1.40. The molecule has 1 fully saturated rings. The van der Waals surface area contributed by atoms with Gasteiger partial charge in [0.05, 0.1) is 16.9 Å². The highest BCUT2D eigenvalue weighted by atomic mass is 19.1. The molecule has 3 aromatic rings. The highest BCUT2D eigenvalue weighted by Crippen LogP contribution is 2.46. The van der Waals surface area contributed by atoms with Crippen molar-refractivity contribution in [2.75, 3.05) is 24.5 Å². The zero-order chi connectivity index (χ0) is 25.0. The smallest absolute Gasteiger partial charge is 0.150 e. The van der Waals surface area contributed by atoms with E-state index in [4.69, 9.17) is 15.7 Å². The predicted octanol–water partition coefficient (Wildman–Crippen LogP) is 5.26. The van der Waals surface area contributed by atoms with Crippen LogP contribution in [-0.4, -0.2) is 40.3 Å². The monoisotopic (exact) mass is 486 g/mol. The first-order valence-corrected chi connectivity index (χ1v) is 12.4. The molecule has 0 bridgehead atoms. The summed E-state index contributed by atoms with van der Waals surface area (Å²) in [5, 5.41) is 0. The van der Waals surface area contributed by atoms with Crippen molar-refractivity contribution < 1.29 is 8.78 Å². The lowest BCUT2D eigenvalue weighted by Crippen LogP contribution is -2.43. The van der Waals surface area contributed by atoms with E-state index in [1.807, 2.05) is 17.9 Å². The van der Waals surface area contributed by atoms with Gasteiger partial charge < -0.3 is 10.6 Å². The number of hydrogen-bond acceptors (Lipinski definition) is 6. The third kappa shape index (κ3) is 3.59. The lowest BCUT2D eigenvalue weighted by Gasteiger charge is -2.40. The number of aliphatic imine (C=N–C) groups is 1. The lowest BCUT2D eigenvalue weighted by atomic mass is 9.94. The third-order valence-corrected chi connectivity index (χ3v) is 7.44. The second kappa shape index (κ2) is 8.78. The predicted molar refractivity (Wildman–Crippen MR) is 137 cm³/mol. The van der Waals surface area contributed by atoms with Gasteiger partial charge in [0.2, 0.25) is 0 Å². The fourth-order valence-electron chi connectivity index (χ4n) is 5.44. The second-order valence-electron chi connectivity index (χ2n) is 9.78. The maximum atomic E-state index is 15.6. The number of pyridine rings is 2. The number of piperidine rings is 1. The quantitative estimate of drug-likeness (QED) is 0.535. The number of hydrogen-bond donors (Lipinski definition) is 1. The van der Waals surface area contributed by atoms with Gasteiger partial charge in [-0.1, -0.05) is 19.1 Å². The number of amidine groups is 1. The molecule has 0 radical (unpaired) electrons. The number of nitrogens with two attached hydrogens (primary N) is 1. The number of fused-ring (bicyclic) bond motifs is 5. The number of benzene rings is 1. The fourth-order valence-corrected chi connectivity index (χ4v) is 5.44. The molecule has 1 aromatic carbocycles. The molecule has 0 spiro atoms. The molecule has 1 saturated heterocycles. The Bertz CT molecular complexity index is 1410. The van der Waals surface area contributed by atoms with Crippen LogP contribution in [0.2, 0.25) is 0 Å². The Labute approximate surface area is 209 Å². The second-order valence-corrected chi connectivity index (χ2v) is 9.78. The number of likely N-dealkylation sites (tertiary alicyclic amines) is 1. The lowest BCUT2D eigenvalue weighted by molar-refractivity contribution is 0.271. The van der Waals surface area contributed by atoms with Crippen molar-refractivity contribution in [2.24, 2.45) is 16.6 Å².